The minimum atomic E-state index is -0.672. The van der Waals surface area contributed by atoms with Crippen LogP contribution in [0.3, 0.4) is 0 Å². The van der Waals surface area contributed by atoms with Crippen LogP contribution in [-0.4, -0.2) is 34.6 Å². The average molecular weight is 351 g/mol. The summed E-state index contributed by atoms with van der Waals surface area (Å²) in [5.74, 6) is 1.66. The molecule has 21 heavy (non-hydrogen) atoms. The van der Waals surface area contributed by atoms with E-state index in [2.05, 4.69) is 31.9 Å². The van der Waals surface area contributed by atoms with E-state index in [0.29, 0.717) is 11.8 Å². The normalized spacial score (nSPS) is 36.7. The zero-order valence-corrected chi connectivity index (χ0v) is 13.9. The van der Waals surface area contributed by atoms with Crippen LogP contribution < -0.4 is 0 Å². The highest BCUT2D eigenvalue weighted by Crippen LogP contribution is 2.49. The Balaban J connectivity index is 1.62. The van der Waals surface area contributed by atoms with Crippen molar-refractivity contribution in [3.63, 3.8) is 0 Å². The number of pyridine rings is 1. The SMILES string of the molecule is O[C@]1(c2cncc(Br)c2)[C@@H]2CCC[C@H]1CN(CC1CC1)C2. The Morgan fingerprint density at radius 3 is 2.52 bits per heavy atom. The van der Waals surface area contributed by atoms with Gasteiger partial charge in [0, 0.05) is 53.9 Å². The van der Waals surface area contributed by atoms with Crippen LogP contribution in [0.2, 0.25) is 0 Å². The van der Waals surface area contributed by atoms with Gasteiger partial charge in [-0.2, -0.15) is 0 Å². The molecule has 2 saturated carbocycles. The lowest BCUT2D eigenvalue weighted by Gasteiger charge is -2.53. The van der Waals surface area contributed by atoms with Gasteiger partial charge in [0.15, 0.2) is 0 Å². The van der Waals surface area contributed by atoms with E-state index < -0.39 is 5.60 Å². The number of hydrogen-bond donors (Lipinski definition) is 1. The second-order valence-electron chi connectivity index (χ2n) is 7.20. The van der Waals surface area contributed by atoms with E-state index in [1.165, 1.54) is 25.8 Å². The molecular weight excluding hydrogens is 328 g/mol. The second kappa shape index (κ2) is 5.32. The molecule has 0 radical (unpaired) electrons. The van der Waals surface area contributed by atoms with E-state index in [0.717, 1.165) is 41.9 Å². The van der Waals surface area contributed by atoms with Crippen LogP contribution in [-0.2, 0) is 5.60 Å². The van der Waals surface area contributed by atoms with E-state index in [1.807, 2.05) is 6.20 Å². The molecule has 4 rings (SSSR count). The number of nitrogens with zero attached hydrogens (tertiary/aromatic N) is 2. The molecule has 0 amide bonds. The van der Waals surface area contributed by atoms with Gasteiger partial charge in [-0.15, -0.1) is 0 Å². The number of aliphatic hydroxyl groups is 1. The fourth-order valence-electron chi connectivity index (χ4n) is 4.46. The summed E-state index contributed by atoms with van der Waals surface area (Å²) in [5, 5.41) is 11.5. The van der Waals surface area contributed by atoms with Crippen LogP contribution in [0, 0.1) is 17.8 Å². The number of aromatic nitrogens is 1. The Bertz CT molecular complexity index is 517. The van der Waals surface area contributed by atoms with Gasteiger partial charge in [0.2, 0.25) is 0 Å². The number of rotatable bonds is 3. The van der Waals surface area contributed by atoms with Crippen molar-refractivity contribution in [3.05, 3.63) is 28.5 Å². The van der Waals surface area contributed by atoms with Gasteiger partial charge in [0.05, 0.1) is 5.60 Å². The maximum absolute atomic E-state index is 11.5. The summed E-state index contributed by atoms with van der Waals surface area (Å²) in [5.41, 5.74) is 0.340. The van der Waals surface area contributed by atoms with Gasteiger partial charge in [0.1, 0.15) is 0 Å². The van der Waals surface area contributed by atoms with E-state index in [4.69, 9.17) is 0 Å². The lowest BCUT2D eigenvalue weighted by atomic mass is 9.63. The van der Waals surface area contributed by atoms with Crippen molar-refractivity contribution in [3.8, 4) is 0 Å². The highest BCUT2D eigenvalue weighted by atomic mass is 79.9. The number of likely N-dealkylation sites (tertiary alicyclic amines) is 1. The predicted molar refractivity (Wildman–Crippen MR) is 85.8 cm³/mol. The van der Waals surface area contributed by atoms with Gasteiger partial charge in [0.25, 0.3) is 0 Å². The third-order valence-corrected chi connectivity index (χ3v) is 6.12. The third kappa shape index (κ3) is 2.55. The number of piperidine rings is 1. The Labute approximate surface area is 134 Å². The first-order chi connectivity index (χ1) is 10.2. The third-order valence-electron chi connectivity index (χ3n) is 5.69. The van der Waals surface area contributed by atoms with Gasteiger partial charge in [-0.1, -0.05) is 6.42 Å². The molecule has 4 heteroatoms. The van der Waals surface area contributed by atoms with Crippen molar-refractivity contribution in [2.24, 2.45) is 17.8 Å². The lowest BCUT2D eigenvalue weighted by Crippen LogP contribution is -2.58. The molecule has 1 N–H and O–H groups in total. The van der Waals surface area contributed by atoms with Crippen LogP contribution in [0.25, 0.3) is 0 Å². The maximum Gasteiger partial charge on any atom is 0.0992 e. The standard InChI is InChI=1S/C17H23BrN2O/c18-16-6-15(7-19-8-16)17(21)13-2-1-3-14(17)11-20(10-13)9-12-4-5-12/h6-8,12-14,21H,1-5,9-11H2/t13-,14+,17-. The van der Waals surface area contributed by atoms with Gasteiger partial charge in [-0.25, -0.2) is 0 Å². The minimum Gasteiger partial charge on any atom is -0.384 e. The largest absolute Gasteiger partial charge is 0.384 e. The molecule has 0 spiro atoms. The van der Waals surface area contributed by atoms with E-state index in [1.54, 1.807) is 6.20 Å². The average Bonchev–Trinajstić information content (AvgIpc) is 3.24. The molecule has 0 unspecified atom stereocenters. The fourth-order valence-corrected chi connectivity index (χ4v) is 4.82. The highest BCUT2D eigenvalue weighted by Gasteiger charge is 2.52. The second-order valence-corrected chi connectivity index (χ2v) is 8.12. The van der Waals surface area contributed by atoms with Crippen LogP contribution >= 0.6 is 15.9 Å². The molecule has 1 saturated heterocycles. The minimum absolute atomic E-state index is 0.361. The summed E-state index contributed by atoms with van der Waals surface area (Å²) in [4.78, 5) is 6.91. The van der Waals surface area contributed by atoms with Crippen molar-refractivity contribution in [2.75, 3.05) is 19.6 Å². The van der Waals surface area contributed by atoms with Gasteiger partial charge < -0.3 is 10.0 Å². The Morgan fingerprint density at radius 2 is 1.90 bits per heavy atom. The molecule has 2 heterocycles. The summed E-state index contributed by atoms with van der Waals surface area (Å²) < 4.78 is 0.965. The maximum atomic E-state index is 11.5. The number of fused-ring (bicyclic) bond motifs is 2. The van der Waals surface area contributed by atoms with Gasteiger partial charge in [-0.05, 0) is 53.6 Å². The smallest absolute Gasteiger partial charge is 0.0992 e. The Hall–Kier alpha value is -0.450. The summed E-state index contributed by atoms with van der Waals surface area (Å²) in [6, 6.07) is 2.06. The van der Waals surface area contributed by atoms with E-state index in [9.17, 15) is 5.11 Å². The topological polar surface area (TPSA) is 36.4 Å². The predicted octanol–water partition coefficient (Wildman–Crippen LogP) is 3.17. The van der Waals surface area contributed by atoms with Crippen molar-refractivity contribution < 1.29 is 5.11 Å². The molecule has 3 nitrogen and oxygen atoms in total. The first-order valence-corrected chi connectivity index (χ1v) is 9.01. The molecule has 1 aliphatic heterocycles. The summed E-state index contributed by atoms with van der Waals surface area (Å²) in [6.45, 7) is 3.35. The molecule has 3 aliphatic rings. The zero-order chi connectivity index (χ0) is 14.4. The first kappa shape index (κ1) is 14.2. The zero-order valence-electron chi connectivity index (χ0n) is 12.3. The molecule has 3 fully saturated rings. The number of hydrogen-bond acceptors (Lipinski definition) is 3. The van der Waals surface area contributed by atoms with Crippen molar-refractivity contribution in [1.29, 1.82) is 0 Å². The molecule has 114 valence electrons. The van der Waals surface area contributed by atoms with Crippen LogP contribution in [0.15, 0.2) is 22.9 Å². The fraction of sp³-hybridized carbons (Fsp3) is 0.706. The summed E-state index contributed by atoms with van der Waals surface area (Å²) >= 11 is 3.50. The monoisotopic (exact) mass is 350 g/mol. The molecule has 2 bridgehead atoms. The summed E-state index contributed by atoms with van der Waals surface area (Å²) in [6.07, 6.45) is 10.0. The van der Waals surface area contributed by atoms with Crippen LogP contribution in [0.4, 0.5) is 0 Å². The van der Waals surface area contributed by atoms with Crippen molar-refractivity contribution in [1.82, 2.24) is 9.88 Å². The van der Waals surface area contributed by atoms with Crippen LogP contribution in [0.5, 0.6) is 0 Å². The van der Waals surface area contributed by atoms with Crippen molar-refractivity contribution in [2.45, 2.75) is 37.7 Å². The lowest BCUT2D eigenvalue weighted by molar-refractivity contribution is -0.147. The quantitative estimate of drug-likeness (QED) is 0.909. The Morgan fingerprint density at radius 1 is 1.19 bits per heavy atom. The molecule has 1 aromatic rings. The van der Waals surface area contributed by atoms with Crippen LogP contribution in [0.1, 0.15) is 37.7 Å². The first-order valence-electron chi connectivity index (χ1n) is 8.22. The van der Waals surface area contributed by atoms with E-state index >= 15 is 0 Å². The molecule has 3 atom stereocenters. The van der Waals surface area contributed by atoms with Gasteiger partial charge >= 0.3 is 0 Å². The van der Waals surface area contributed by atoms with Crippen molar-refractivity contribution >= 4 is 15.9 Å². The number of halogens is 1. The highest BCUT2D eigenvalue weighted by molar-refractivity contribution is 9.10. The molecule has 1 aromatic heterocycles. The van der Waals surface area contributed by atoms with Gasteiger partial charge in [-0.3, -0.25) is 4.98 Å². The van der Waals surface area contributed by atoms with E-state index in [-0.39, 0.29) is 0 Å². The Kier molecular flexibility index (Phi) is 3.59. The summed E-state index contributed by atoms with van der Waals surface area (Å²) in [7, 11) is 0. The molecule has 2 aliphatic carbocycles. The molecule has 0 aromatic carbocycles. The molecular formula is C17H23BrN2O.